The molecule has 0 heterocycles. The van der Waals surface area contributed by atoms with Crippen molar-refractivity contribution in [1.29, 1.82) is 0 Å². The predicted octanol–water partition coefficient (Wildman–Crippen LogP) is 4.07. The first-order valence-corrected chi connectivity index (χ1v) is 7.80. The topological polar surface area (TPSA) is 12.5 Å². The van der Waals surface area contributed by atoms with Crippen LogP contribution in [0.15, 0.2) is 24.3 Å². The summed E-state index contributed by atoms with van der Waals surface area (Å²) >= 11 is 5.98. The molecule has 2 rings (SSSR count). The highest BCUT2D eigenvalue weighted by atomic mass is 35.5. The number of halogens is 1. The molecule has 1 aromatic carbocycles. The maximum Gasteiger partial charge on any atom is 0.123 e. The fourth-order valence-corrected chi connectivity index (χ4v) is 3.21. The second kappa shape index (κ2) is 7.76. The largest absolute Gasteiger partial charge is 0.496 e. The summed E-state index contributed by atoms with van der Waals surface area (Å²) in [5.74, 6) is 1.68. The van der Waals surface area contributed by atoms with Gasteiger partial charge in [0.25, 0.3) is 0 Å². The third-order valence-electron chi connectivity index (χ3n) is 4.03. The van der Waals surface area contributed by atoms with Gasteiger partial charge >= 0.3 is 0 Å². The molecule has 0 spiro atoms. The molecule has 0 radical (unpaired) electrons. The summed E-state index contributed by atoms with van der Waals surface area (Å²) in [4.78, 5) is 2.53. The van der Waals surface area contributed by atoms with Crippen molar-refractivity contribution in [3.8, 4) is 5.75 Å². The molecule has 1 saturated carbocycles. The zero-order chi connectivity index (χ0) is 13.5. The molecular weight excluding hydrogens is 258 g/mol. The number of hydrogen-bond donors (Lipinski definition) is 0. The summed E-state index contributed by atoms with van der Waals surface area (Å²) in [7, 11) is 1.74. The van der Waals surface area contributed by atoms with E-state index in [0.717, 1.165) is 18.8 Å². The Balaban J connectivity index is 2.06. The number of ether oxygens (including phenoxy) is 1. The molecule has 0 bridgehead atoms. The molecule has 1 aliphatic carbocycles. The molecule has 0 amide bonds. The van der Waals surface area contributed by atoms with Crippen molar-refractivity contribution >= 4 is 11.6 Å². The minimum atomic E-state index is 0.692. The molecule has 0 N–H and O–H groups in total. The van der Waals surface area contributed by atoms with E-state index in [1.807, 2.05) is 12.1 Å². The summed E-state index contributed by atoms with van der Waals surface area (Å²) in [6.07, 6.45) is 6.72. The van der Waals surface area contributed by atoms with Gasteiger partial charge in [0.2, 0.25) is 0 Å². The molecule has 1 fully saturated rings. The molecule has 0 aromatic heterocycles. The van der Waals surface area contributed by atoms with Gasteiger partial charge in [-0.25, -0.2) is 0 Å². The number of para-hydroxylation sites is 1. The maximum atomic E-state index is 5.98. The van der Waals surface area contributed by atoms with Crippen molar-refractivity contribution < 1.29 is 4.74 Å². The van der Waals surface area contributed by atoms with Crippen LogP contribution in [0.5, 0.6) is 5.75 Å². The molecule has 19 heavy (non-hydrogen) atoms. The van der Waals surface area contributed by atoms with Crippen LogP contribution in [0.3, 0.4) is 0 Å². The van der Waals surface area contributed by atoms with Crippen LogP contribution >= 0.6 is 11.6 Å². The van der Waals surface area contributed by atoms with Crippen LogP contribution in [-0.2, 0) is 6.54 Å². The minimum absolute atomic E-state index is 0.692. The monoisotopic (exact) mass is 281 g/mol. The quantitative estimate of drug-likeness (QED) is 0.729. The summed E-state index contributed by atoms with van der Waals surface area (Å²) in [6, 6.07) is 8.99. The van der Waals surface area contributed by atoms with Crippen LogP contribution in [0.2, 0.25) is 0 Å². The first-order chi connectivity index (χ1) is 9.35. The van der Waals surface area contributed by atoms with Crippen molar-refractivity contribution in [2.75, 3.05) is 19.5 Å². The third kappa shape index (κ3) is 4.12. The highest BCUT2D eigenvalue weighted by Gasteiger charge is 2.21. The fourth-order valence-electron chi connectivity index (χ4n) is 3.00. The Morgan fingerprint density at radius 3 is 2.63 bits per heavy atom. The lowest BCUT2D eigenvalue weighted by Crippen LogP contribution is -2.37. The van der Waals surface area contributed by atoms with Gasteiger partial charge in [-0.2, -0.15) is 0 Å². The van der Waals surface area contributed by atoms with Gasteiger partial charge in [-0.05, 0) is 18.9 Å². The average molecular weight is 282 g/mol. The Labute approximate surface area is 121 Å². The number of nitrogens with zero attached hydrogens (tertiary/aromatic N) is 1. The van der Waals surface area contributed by atoms with Crippen molar-refractivity contribution in [3.05, 3.63) is 29.8 Å². The third-order valence-corrected chi connectivity index (χ3v) is 4.20. The molecule has 0 saturated heterocycles. The number of benzene rings is 1. The zero-order valence-electron chi connectivity index (χ0n) is 11.8. The molecule has 3 heteroatoms. The van der Waals surface area contributed by atoms with Crippen LogP contribution in [-0.4, -0.2) is 30.5 Å². The van der Waals surface area contributed by atoms with E-state index in [1.165, 1.54) is 37.7 Å². The molecule has 0 atom stereocenters. The molecule has 1 aromatic rings. The molecule has 2 nitrogen and oxygen atoms in total. The fraction of sp³-hybridized carbons (Fsp3) is 0.625. The highest BCUT2D eigenvalue weighted by Crippen LogP contribution is 2.26. The second-order valence-corrected chi connectivity index (χ2v) is 5.64. The van der Waals surface area contributed by atoms with E-state index in [1.54, 1.807) is 7.11 Å². The predicted molar refractivity (Wildman–Crippen MR) is 81.0 cm³/mol. The number of rotatable bonds is 6. The first-order valence-electron chi connectivity index (χ1n) is 7.27. The van der Waals surface area contributed by atoms with Crippen molar-refractivity contribution in [1.82, 2.24) is 4.90 Å². The van der Waals surface area contributed by atoms with Crippen LogP contribution in [0.4, 0.5) is 0 Å². The van der Waals surface area contributed by atoms with E-state index in [2.05, 4.69) is 17.0 Å². The summed E-state index contributed by atoms with van der Waals surface area (Å²) < 4.78 is 5.45. The number of hydrogen-bond acceptors (Lipinski definition) is 2. The lowest BCUT2D eigenvalue weighted by Gasteiger charge is -2.34. The van der Waals surface area contributed by atoms with Crippen molar-refractivity contribution in [2.45, 2.75) is 44.7 Å². The van der Waals surface area contributed by atoms with Gasteiger partial charge in [-0.3, -0.25) is 4.90 Å². The van der Waals surface area contributed by atoms with Crippen molar-refractivity contribution in [3.63, 3.8) is 0 Å². The molecular formula is C16H24ClNO. The van der Waals surface area contributed by atoms with Gasteiger partial charge in [0.15, 0.2) is 0 Å². The SMILES string of the molecule is COc1ccccc1CN(CCCl)C1CCCCC1. The van der Waals surface area contributed by atoms with E-state index >= 15 is 0 Å². The normalized spacial score (nSPS) is 16.8. The van der Waals surface area contributed by atoms with Crippen LogP contribution < -0.4 is 4.74 Å². The lowest BCUT2D eigenvalue weighted by atomic mass is 9.94. The van der Waals surface area contributed by atoms with Crippen LogP contribution in [0.1, 0.15) is 37.7 Å². The Kier molecular flexibility index (Phi) is 5.99. The Morgan fingerprint density at radius 2 is 1.95 bits per heavy atom. The maximum absolute atomic E-state index is 5.98. The Hall–Kier alpha value is -0.730. The first kappa shape index (κ1) is 14.7. The van der Waals surface area contributed by atoms with E-state index in [-0.39, 0.29) is 0 Å². The van der Waals surface area contributed by atoms with Gasteiger partial charge < -0.3 is 4.74 Å². The number of methoxy groups -OCH3 is 1. The molecule has 1 aliphatic rings. The molecule has 0 unspecified atom stereocenters. The smallest absolute Gasteiger partial charge is 0.123 e. The van der Waals surface area contributed by atoms with E-state index < -0.39 is 0 Å². The summed E-state index contributed by atoms with van der Waals surface area (Å²) in [6.45, 7) is 1.91. The van der Waals surface area contributed by atoms with Gasteiger partial charge in [-0.1, -0.05) is 37.5 Å². The lowest BCUT2D eigenvalue weighted by molar-refractivity contribution is 0.155. The van der Waals surface area contributed by atoms with E-state index in [4.69, 9.17) is 16.3 Å². The molecule has 106 valence electrons. The van der Waals surface area contributed by atoms with E-state index in [0.29, 0.717) is 11.9 Å². The van der Waals surface area contributed by atoms with E-state index in [9.17, 15) is 0 Å². The van der Waals surface area contributed by atoms with Gasteiger partial charge in [0.05, 0.1) is 7.11 Å². The Bertz CT molecular complexity index is 377. The highest BCUT2D eigenvalue weighted by molar-refractivity contribution is 6.18. The summed E-state index contributed by atoms with van der Waals surface area (Å²) in [5, 5.41) is 0. The molecule has 0 aliphatic heterocycles. The standard InChI is InChI=1S/C16H24ClNO/c1-19-16-10-6-5-7-14(16)13-18(12-11-17)15-8-3-2-4-9-15/h5-7,10,15H,2-4,8-9,11-13H2,1H3. The average Bonchev–Trinajstić information content (AvgIpc) is 2.48. The number of alkyl halides is 1. The van der Waals surface area contributed by atoms with Crippen LogP contribution in [0.25, 0.3) is 0 Å². The van der Waals surface area contributed by atoms with Crippen molar-refractivity contribution in [2.24, 2.45) is 0 Å². The van der Waals surface area contributed by atoms with Gasteiger partial charge in [-0.15, -0.1) is 11.6 Å². The minimum Gasteiger partial charge on any atom is -0.496 e. The second-order valence-electron chi connectivity index (χ2n) is 5.26. The van der Waals surface area contributed by atoms with Crippen LogP contribution in [0, 0.1) is 0 Å². The zero-order valence-corrected chi connectivity index (χ0v) is 12.5. The Morgan fingerprint density at radius 1 is 1.21 bits per heavy atom. The van der Waals surface area contributed by atoms with Gasteiger partial charge in [0, 0.05) is 30.6 Å². The summed E-state index contributed by atoms with van der Waals surface area (Å²) in [5.41, 5.74) is 1.26. The van der Waals surface area contributed by atoms with Gasteiger partial charge in [0.1, 0.15) is 5.75 Å².